The molecule has 2 aromatic rings. The highest BCUT2D eigenvalue weighted by Crippen LogP contribution is 2.16. The maximum absolute atomic E-state index is 11.9. The lowest BCUT2D eigenvalue weighted by Gasteiger charge is -2.17. The summed E-state index contributed by atoms with van der Waals surface area (Å²) in [4.78, 5) is 11.9. The van der Waals surface area contributed by atoms with E-state index in [0.29, 0.717) is 17.3 Å². The van der Waals surface area contributed by atoms with Gasteiger partial charge in [-0.05, 0) is 49.2 Å². The molecule has 0 bridgehead atoms. The van der Waals surface area contributed by atoms with E-state index in [0.717, 1.165) is 11.1 Å². The topological polar surface area (TPSA) is 50.4 Å². The SMILES string of the molecule is Cc1ccccc1CNC(=O)NC(C)Oc1ccc(Cl)cc1. The molecule has 116 valence electrons. The smallest absolute Gasteiger partial charge is 0.317 e. The minimum absolute atomic E-state index is 0.273. The van der Waals surface area contributed by atoms with Crippen LogP contribution in [-0.4, -0.2) is 12.3 Å². The van der Waals surface area contributed by atoms with E-state index in [4.69, 9.17) is 16.3 Å². The van der Waals surface area contributed by atoms with E-state index >= 15 is 0 Å². The average molecular weight is 319 g/mol. The highest BCUT2D eigenvalue weighted by molar-refractivity contribution is 6.30. The monoisotopic (exact) mass is 318 g/mol. The van der Waals surface area contributed by atoms with Crippen LogP contribution in [0, 0.1) is 6.92 Å². The van der Waals surface area contributed by atoms with Crippen LogP contribution in [0.25, 0.3) is 0 Å². The molecule has 0 fully saturated rings. The standard InChI is InChI=1S/C17H19ClN2O2/c1-12-5-3-4-6-14(12)11-19-17(21)20-13(2)22-16-9-7-15(18)8-10-16/h3-10,13H,11H2,1-2H3,(H2,19,20,21). The van der Waals surface area contributed by atoms with Crippen LogP contribution in [0.15, 0.2) is 48.5 Å². The largest absolute Gasteiger partial charge is 0.471 e. The number of aryl methyl sites for hydroxylation is 1. The van der Waals surface area contributed by atoms with Crippen molar-refractivity contribution in [1.82, 2.24) is 10.6 Å². The zero-order valence-corrected chi connectivity index (χ0v) is 13.4. The highest BCUT2D eigenvalue weighted by atomic mass is 35.5. The zero-order valence-electron chi connectivity index (χ0n) is 12.6. The van der Waals surface area contributed by atoms with Crippen LogP contribution in [0.2, 0.25) is 5.02 Å². The first-order valence-electron chi connectivity index (χ1n) is 7.05. The van der Waals surface area contributed by atoms with Crippen LogP contribution in [0.4, 0.5) is 4.79 Å². The molecule has 1 unspecified atom stereocenters. The number of hydrogen-bond donors (Lipinski definition) is 2. The van der Waals surface area contributed by atoms with E-state index in [1.807, 2.05) is 31.2 Å². The van der Waals surface area contributed by atoms with Gasteiger partial charge in [-0.15, -0.1) is 0 Å². The third-order valence-corrected chi connectivity index (χ3v) is 3.41. The molecule has 2 aromatic carbocycles. The predicted molar refractivity (Wildman–Crippen MR) is 88.1 cm³/mol. The molecule has 0 spiro atoms. The summed E-state index contributed by atoms with van der Waals surface area (Å²) in [6.07, 6.45) is -0.446. The van der Waals surface area contributed by atoms with Crippen molar-refractivity contribution in [2.45, 2.75) is 26.6 Å². The molecule has 4 nitrogen and oxygen atoms in total. The zero-order chi connectivity index (χ0) is 15.9. The second-order valence-corrected chi connectivity index (χ2v) is 5.40. The van der Waals surface area contributed by atoms with Gasteiger partial charge in [-0.3, -0.25) is 0 Å². The Morgan fingerprint density at radius 1 is 1.18 bits per heavy atom. The molecule has 0 saturated carbocycles. The molecule has 0 aliphatic heterocycles. The summed E-state index contributed by atoms with van der Waals surface area (Å²) in [5, 5.41) is 6.18. The number of amides is 2. The second kappa shape index (κ2) is 7.71. The number of carbonyl (C=O) groups is 1. The van der Waals surface area contributed by atoms with Crippen LogP contribution in [-0.2, 0) is 6.54 Å². The lowest BCUT2D eigenvalue weighted by Crippen LogP contribution is -2.43. The third-order valence-electron chi connectivity index (χ3n) is 3.16. The van der Waals surface area contributed by atoms with Crippen LogP contribution in [0.3, 0.4) is 0 Å². The Bertz CT molecular complexity index is 629. The van der Waals surface area contributed by atoms with Crippen molar-refractivity contribution < 1.29 is 9.53 Å². The van der Waals surface area contributed by atoms with Gasteiger partial charge in [0.15, 0.2) is 6.23 Å². The van der Waals surface area contributed by atoms with Gasteiger partial charge in [0.2, 0.25) is 0 Å². The fourth-order valence-electron chi connectivity index (χ4n) is 1.97. The van der Waals surface area contributed by atoms with Gasteiger partial charge in [0.05, 0.1) is 0 Å². The fourth-order valence-corrected chi connectivity index (χ4v) is 2.09. The maximum Gasteiger partial charge on any atom is 0.317 e. The normalized spacial score (nSPS) is 11.6. The summed E-state index contributed by atoms with van der Waals surface area (Å²) < 4.78 is 5.59. The lowest BCUT2D eigenvalue weighted by molar-refractivity contribution is 0.177. The van der Waals surface area contributed by atoms with Crippen LogP contribution in [0.1, 0.15) is 18.1 Å². The number of halogens is 1. The van der Waals surface area contributed by atoms with Crippen LogP contribution < -0.4 is 15.4 Å². The number of rotatable bonds is 5. The number of benzene rings is 2. The summed E-state index contributed by atoms with van der Waals surface area (Å²) in [5.41, 5.74) is 2.23. The van der Waals surface area contributed by atoms with E-state index in [1.165, 1.54) is 0 Å². The molecule has 1 atom stereocenters. The summed E-state index contributed by atoms with van der Waals surface area (Å²) in [6.45, 7) is 4.26. The van der Waals surface area contributed by atoms with E-state index in [9.17, 15) is 4.79 Å². The molecule has 0 aliphatic rings. The molecule has 0 aromatic heterocycles. The van der Waals surface area contributed by atoms with Gasteiger partial charge in [-0.1, -0.05) is 35.9 Å². The van der Waals surface area contributed by atoms with Crippen molar-refractivity contribution in [2.75, 3.05) is 0 Å². The van der Waals surface area contributed by atoms with E-state index in [2.05, 4.69) is 10.6 Å². The summed E-state index contributed by atoms with van der Waals surface area (Å²) >= 11 is 5.81. The number of carbonyl (C=O) groups excluding carboxylic acids is 1. The van der Waals surface area contributed by atoms with Gasteiger partial charge in [0.1, 0.15) is 5.75 Å². The van der Waals surface area contributed by atoms with E-state index in [-0.39, 0.29) is 6.03 Å². The quantitative estimate of drug-likeness (QED) is 0.822. The van der Waals surface area contributed by atoms with Crippen molar-refractivity contribution in [3.63, 3.8) is 0 Å². The minimum atomic E-state index is -0.446. The van der Waals surface area contributed by atoms with Gasteiger partial charge < -0.3 is 15.4 Å². The number of ether oxygens (including phenoxy) is 1. The molecule has 22 heavy (non-hydrogen) atoms. The molecule has 2 amide bonds. The first-order chi connectivity index (χ1) is 10.5. The Morgan fingerprint density at radius 3 is 2.55 bits per heavy atom. The first kappa shape index (κ1) is 16.2. The van der Waals surface area contributed by atoms with E-state index < -0.39 is 6.23 Å². The summed E-state index contributed by atoms with van der Waals surface area (Å²) in [5.74, 6) is 0.649. The maximum atomic E-state index is 11.9. The fraction of sp³-hybridized carbons (Fsp3) is 0.235. The molecule has 0 aliphatic carbocycles. The number of hydrogen-bond acceptors (Lipinski definition) is 2. The number of urea groups is 1. The predicted octanol–water partition coefficient (Wildman–Crippen LogP) is 3.87. The Balaban J connectivity index is 1.79. The van der Waals surface area contributed by atoms with Crippen LogP contribution in [0.5, 0.6) is 5.75 Å². The van der Waals surface area contributed by atoms with Gasteiger partial charge in [-0.25, -0.2) is 4.79 Å². The minimum Gasteiger partial charge on any atom is -0.471 e. The molecule has 5 heteroatoms. The molecular formula is C17H19ClN2O2. The third kappa shape index (κ3) is 4.97. The van der Waals surface area contributed by atoms with Crippen molar-refractivity contribution in [3.05, 3.63) is 64.7 Å². The summed E-state index contributed by atoms with van der Waals surface area (Å²) in [7, 11) is 0. The molecular weight excluding hydrogens is 300 g/mol. The molecule has 2 N–H and O–H groups in total. The van der Waals surface area contributed by atoms with Gasteiger partial charge in [-0.2, -0.15) is 0 Å². The van der Waals surface area contributed by atoms with Crippen molar-refractivity contribution in [1.29, 1.82) is 0 Å². The molecule has 0 saturated heterocycles. The first-order valence-corrected chi connectivity index (χ1v) is 7.43. The molecule has 2 rings (SSSR count). The van der Waals surface area contributed by atoms with Gasteiger partial charge in [0.25, 0.3) is 0 Å². The molecule has 0 heterocycles. The van der Waals surface area contributed by atoms with Gasteiger partial charge >= 0.3 is 6.03 Å². The van der Waals surface area contributed by atoms with Crippen molar-refractivity contribution in [2.24, 2.45) is 0 Å². The molecule has 0 radical (unpaired) electrons. The second-order valence-electron chi connectivity index (χ2n) is 4.97. The van der Waals surface area contributed by atoms with Crippen molar-refractivity contribution in [3.8, 4) is 5.75 Å². The van der Waals surface area contributed by atoms with E-state index in [1.54, 1.807) is 31.2 Å². The lowest BCUT2D eigenvalue weighted by atomic mass is 10.1. The van der Waals surface area contributed by atoms with Crippen LogP contribution >= 0.6 is 11.6 Å². The Labute approximate surface area is 135 Å². The van der Waals surface area contributed by atoms with Crippen molar-refractivity contribution >= 4 is 17.6 Å². The Hall–Kier alpha value is -2.20. The summed E-state index contributed by atoms with van der Waals surface area (Å²) in [6, 6.07) is 14.6. The number of nitrogens with one attached hydrogen (secondary N) is 2. The Morgan fingerprint density at radius 2 is 1.86 bits per heavy atom. The average Bonchev–Trinajstić information content (AvgIpc) is 2.49. The van der Waals surface area contributed by atoms with Gasteiger partial charge in [0, 0.05) is 11.6 Å². The Kier molecular flexibility index (Phi) is 5.67. The highest BCUT2D eigenvalue weighted by Gasteiger charge is 2.08.